The zero-order valence-electron chi connectivity index (χ0n) is 11.9. The summed E-state index contributed by atoms with van der Waals surface area (Å²) in [4.78, 5) is 22.4. The summed E-state index contributed by atoms with van der Waals surface area (Å²) >= 11 is 0. The smallest absolute Gasteiger partial charge is 0.322 e. The summed E-state index contributed by atoms with van der Waals surface area (Å²) in [7, 11) is 0. The molecule has 0 saturated carbocycles. The predicted molar refractivity (Wildman–Crippen MR) is 74.7 cm³/mol. The Morgan fingerprint density at radius 2 is 2.05 bits per heavy atom. The molecule has 0 heterocycles. The second kappa shape index (κ2) is 7.58. The molecule has 0 aliphatic heterocycles. The Kier molecular flexibility index (Phi) is 6.10. The largest absolute Gasteiger partial charge is 0.493 e. The zero-order valence-corrected chi connectivity index (χ0v) is 11.9. The number of rotatable bonds is 7. The Morgan fingerprint density at radius 3 is 2.62 bits per heavy atom. The molecule has 1 atom stereocenters. The van der Waals surface area contributed by atoms with E-state index in [2.05, 4.69) is 5.32 Å². The van der Waals surface area contributed by atoms with Crippen LogP contribution in [-0.4, -0.2) is 36.2 Å². The van der Waals surface area contributed by atoms with Crippen LogP contribution in [0, 0.1) is 11.7 Å². The lowest BCUT2D eigenvalue weighted by Crippen LogP contribution is -2.42. The van der Waals surface area contributed by atoms with Crippen LogP contribution in [0.1, 0.15) is 24.2 Å². The Bertz CT molecular complexity index is 520. The molecule has 21 heavy (non-hydrogen) atoms. The quantitative estimate of drug-likeness (QED) is 0.697. The van der Waals surface area contributed by atoms with Crippen LogP contribution in [0.5, 0.6) is 5.75 Å². The summed E-state index contributed by atoms with van der Waals surface area (Å²) < 4.78 is 18.8. The van der Waals surface area contributed by atoms with Crippen LogP contribution >= 0.6 is 0 Å². The molecule has 1 aromatic carbocycles. The number of carboxylic acid groups (broad SMARTS) is 1. The molecule has 1 amide bonds. The monoisotopic (exact) mass is 298 g/mol. The van der Waals surface area contributed by atoms with Crippen molar-refractivity contribution >= 4 is 11.9 Å². The third-order valence-corrected chi connectivity index (χ3v) is 2.52. The summed E-state index contributed by atoms with van der Waals surface area (Å²) in [6.45, 7) is 4.04. The molecule has 0 spiro atoms. The average molecular weight is 298 g/mol. The number of carbonyl (C=O) groups excluding carboxylic acids is 1. The number of benzene rings is 1. The highest BCUT2D eigenvalue weighted by Crippen LogP contribution is 2.17. The van der Waals surface area contributed by atoms with Crippen molar-refractivity contribution in [1.29, 1.82) is 0 Å². The molecule has 0 fully saturated rings. The molecular weight excluding hydrogens is 279 g/mol. The Hall–Kier alpha value is -2.15. The van der Waals surface area contributed by atoms with Gasteiger partial charge < -0.3 is 20.9 Å². The van der Waals surface area contributed by atoms with Gasteiger partial charge in [-0.2, -0.15) is 0 Å². The van der Waals surface area contributed by atoms with Crippen molar-refractivity contribution in [3.8, 4) is 5.75 Å². The summed E-state index contributed by atoms with van der Waals surface area (Å²) in [5.41, 5.74) is 5.32. The molecule has 0 bridgehead atoms. The van der Waals surface area contributed by atoms with Gasteiger partial charge in [0.05, 0.1) is 6.61 Å². The number of ether oxygens (including phenoxy) is 1. The Labute approximate surface area is 122 Å². The van der Waals surface area contributed by atoms with Crippen LogP contribution in [-0.2, 0) is 4.79 Å². The molecular formula is C14H19FN2O4. The van der Waals surface area contributed by atoms with E-state index in [1.165, 1.54) is 12.1 Å². The van der Waals surface area contributed by atoms with Crippen LogP contribution in [0.3, 0.4) is 0 Å². The van der Waals surface area contributed by atoms with Gasteiger partial charge in [0.25, 0.3) is 5.91 Å². The van der Waals surface area contributed by atoms with Crippen molar-refractivity contribution in [2.24, 2.45) is 11.7 Å². The minimum absolute atomic E-state index is 0.0475. The molecule has 0 aromatic heterocycles. The van der Waals surface area contributed by atoms with E-state index < -0.39 is 23.7 Å². The first kappa shape index (κ1) is 16.9. The standard InChI is InChI=1S/C14H19FN2O4/c1-8(2)7-21-11-4-9(3-10(15)5-11)13(18)17-6-12(16)14(19)20/h3-5,8,12H,6-7,16H2,1-2H3,(H,17,18)(H,19,20). The van der Waals surface area contributed by atoms with Crippen molar-refractivity contribution in [3.05, 3.63) is 29.6 Å². The van der Waals surface area contributed by atoms with E-state index in [4.69, 9.17) is 15.6 Å². The van der Waals surface area contributed by atoms with Gasteiger partial charge in [-0.05, 0) is 18.1 Å². The third kappa shape index (κ3) is 5.78. The summed E-state index contributed by atoms with van der Waals surface area (Å²) in [5, 5.41) is 11.0. The predicted octanol–water partition coefficient (Wildman–Crippen LogP) is 1.00. The number of aliphatic carboxylic acids is 1. The lowest BCUT2D eigenvalue weighted by Gasteiger charge is -2.11. The first-order chi connectivity index (χ1) is 9.79. The normalized spacial score (nSPS) is 12.0. The van der Waals surface area contributed by atoms with Crippen molar-refractivity contribution < 1.29 is 23.8 Å². The molecule has 0 aliphatic rings. The van der Waals surface area contributed by atoms with Gasteiger partial charge in [-0.1, -0.05) is 13.8 Å². The van der Waals surface area contributed by atoms with Gasteiger partial charge in [-0.15, -0.1) is 0 Å². The van der Waals surface area contributed by atoms with Crippen molar-refractivity contribution in [3.63, 3.8) is 0 Å². The van der Waals surface area contributed by atoms with E-state index in [0.717, 1.165) is 6.07 Å². The molecule has 1 unspecified atom stereocenters. The summed E-state index contributed by atoms with van der Waals surface area (Å²) in [6, 6.07) is 2.41. The van der Waals surface area contributed by atoms with Crippen LogP contribution in [0.4, 0.5) is 4.39 Å². The maximum absolute atomic E-state index is 13.5. The fourth-order valence-electron chi connectivity index (χ4n) is 1.43. The van der Waals surface area contributed by atoms with Crippen LogP contribution in [0.15, 0.2) is 18.2 Å². The molecule has 4 N–H and O–H groups in total. The zero-order chi connectivity index (χ0) is 16.0. The van der Waals surface area contributed by atoms with E-state index >= 15 is 0 Å². The van der Waals surface area contributed by atoms with Gasteiger partial charge in [0.15, 0.2) is 0 Å². The fourth-order valence-corrected chi connectivity index (χ4v) is 1.43. The number of nitrogens with one attached hydrogen (secondary N) is 1. The maximum Gasteiger partial charge on any atom is 0.322 e. The summed E-state index contributed by atoms with van der Waals surface area (Å²) in [5.74, 6) is -1.93. The topological polar surface area (TPSA) is 102 Å². The number of carboxylic acids is 1. The molecule has 1 aromatic rings. The number of hydrogen-bond acceptors (Lipinski definition) is 4. The van der Waals surface area contributed by atoms with E-state index in [9.17, 15) is 14.0 Å². The first-order valence-corrected chi connectivity index (χ1v) is 6.49. The third-order valence-electron chi connectivity index (χ3n) is 2.52. The summed E-state index contributed by atoms with van der Waals surface area (Å²) in [6.07, 6.45) is 0. The highest BCUT2D eigenvalue weighted by Gasteiger charge is 2.15. The minimum atomic E-state index is -1.23. The minimum Gasteiger partial charge on any atom is -0.493 e. The Morgan fingerprint density at radius 1 is 1.38 bits per heavy atom. The van der Waals surface area contributed by atoms with Crippen LogP contribution < -0.4 is 15.8 Å². The maximum atomic E-state index is 13.5. The van der Waals surface area contributed by atoms with E-state index in [1.807, 2.05) is 13.8 Å². The Balaban J connectivity index is 2.73. The van der Waals surface area contributed by atoms with Gasteiger partial charge in [-0.25, -0.2) is 4.39 Å². The number of carbonyl (C=O) groups is 2. The number of hydrogen-bond donors (Lipinski definition) is 3. The van der Waals surface area contributed by atoms with Crippen molar-refractivity contribution in [1.82, 2.24) is 5.32 Å². The van der Waals surface area contributed by atoms with Gasteiger partial charge in [-0.3, -0.25) is 9.59 Å². The lowest BCUT2D eigenvalue weighted by molar-refractivity contribution is -0.138. The van der Waals surface area contributed by atoms with Gasteiger partial charge in [0.2, 0.25) is 0 Å². The van der Waals surface area contributed by atoms with E-state index in [0.29, 0.717) is 6.61 Å². The molecule has 116 valence electrons. The molecule has 0 aliphatic carbocycles. The van der Waals surface area contributed by atoms with Crippen molar-refractivity contribution in [2.45, 2.75) is 19.9 Å². The highest BCUT2D eigenvalue weighted by molar-refractivity contribution is 5.94. The molecule has 7 heteroatoms. The molecule has 0 saturated heterocycles. The number of halogens is 1. The van der Waals surface area contributed by atoms with Gasteiger partial charge in [0, 0.05) is 18.2 Å². The first-order valence-electron chi connectivity index (χ1n) is 6.49. The van der Waals surface area contributed by atoms with Gasteiger partial charge in [0.1, 0.15) is 17.6 Å². The highest BCUT2D eigenvalue weighted by atomic mass is 19.1. The van der Waals surface area contributed by atoms with Gasteiger partial charge >= 0.3 is 5.97 Å². The number of amides is 1. The molecule has 0 radical (unpaired) electrons. The molecule has 6 nitrogen and oxygen atoms in total. The lowest BCUT2D eigenvalue weighted by atomic mass is 10.2. The second-order valence-electron chi connectivity index (χ2n) is 5.04. The average Bonchev–Trinajstić information content (AvgIpc) is 2.41. The van der Waals surface area contributed by atoms with E-state index in [-0.39, 0.29) is 23.8 Å². The number of nitrogens with two attached hydrogens (primary N) is 1. The fraction of sp³-hybridized carbons (Fsp3) is 0.429. The van der Waals surface area contributed by atoms with Crippen LogP contribution in [0.25, 0.3) is 0 Å². The van der Waals surface area contributed by atoms with E-state index in [1.54, 1.807) is 0 Å². The second-order valence-corrected chi connectivity index (χ2v) is 5.04. The molecule has 1 rings (SSSR count). The SMILES string of the molecule is CC(C)COc1cc(F)cc(C(=O)NCC(N)C(=O)O)c1. The van der Waals surface area contributed by atoms with Crippen LogP contribution in [0.2, 0.25) is 0 Å². The van der Waals surface area contributed by atoms with Crippen molar-refractivity contribution in [2.75, 3.05) is 13.2 Å².